The molecule has 0 aliphatic carbocycles. The first-order chi connectivity index (χ1) is 9.52. The van der Waals surface area contributed by atoms with Crippen LogP contribution in [0.5, 0.6) is 5.75 Å². The molecule has 20 heavy (non-hydrogen) atoms. The molecule has 2 rings (SSSR count). The number of nitrogen functional groups attached to an aromatic ring is 1. The molecule has 0 spiro atoms. The lowest BCUT2D eigenvalue weighted by Gasteiger charge is -2.36. The van der Waals surface area contributed by atoms with Crippen LogP contribution in [-0.2, 0) is 0 Å². The highest BCUT2D eigenvalue weighted by Crippen LogP contribution is 2.33. The summed E-state index contributed by atoms with van der Waals surface area (Å²) in [6, 6.07) is 2.94. The molecule has 1 aromatic carbocycles. The molecule has 0 amide bonds. The van der Waals surface area contributed by atoms with Crippen LogP contribution in [0.4, 0.5) is 15.8 Å². The van der Waals surface area contributed by atoms with E-state index < -0.39 is 5.82 Å². The Hall–Kier alpha value is -1.49. The van der Waals surface area contributed by atoms with Crippen LogP contribution in [0.2, 0.25) is 0 Å². The SMILES string of the molecule is CCCOc1cc(N2CCC(C)C(O)C2)c(N)cc1F. The molecule has 1 aliphatic rings. The number of piperidine rings is 1. The van der Waals surface area contributed by atoms with Gasteiger partial charge in [0.2, 0.25) is 0 Å². The van der Waals surface area contributed by atoms with E-state index in [4.69, 9.17) is 10.5 Å². The molecule has 1 saturated heterocycles. The van der Waals surface area contributed by atoms with E-state index in [0.717, 1.165) is 25.1 Å². The molecule has 1 aliphatic heterocycles. The first-order valence-corrected chi connectivity index (χ1v) is 7.17. The fraction of sp³-hybridized carbons (Fsp3) is 0.600. The Bertz CT molecular complexity index is 467. The Labute approximate surface area is 119 Å². The number of hydrogen-bond donors (Lipinski definition) is 2. The molecule has 1 heterocycles. The Morgan fingerprint density at radius 2 is 2.25 bits per heavy atom. The highest BCUT2D eigenvalue weighted by molar-refractivity contribution is 5.70. The summed E-state index contributed by atoms with van der Waals surface area (Å²) >= 11 is 0. The summed E-state index contributed by atoms with van der Waals surface area (Å²) in [4.78, 5) is 2.00. The molecule has 5 heteroatoms. The zero-order valence-corrected chi connectivity index (χ0v) is 12.1. The number of anilines is 2. The van der Waals surface area contributed by atoms with Gasteiger partial charge in [-0.25, -0.2) is 4.39 Å². The Morgan fingerprint density at radius 1 is 1.50 bits per heavy atom. The maximum Gasteiger partial charge on any atom is 0.167 e. The smallest absolute Gasteiger partial charge is 0.167 e. The van der Waals surface area contributed by atoms with Gasteiger partial charge in [-0.2, -0.15) is 0 Å². The topological polar surface area (TPSA) is 58.7 Å². The molecule has 0 radical (unpaired) electrons. The van der Waals surface area contributed by atoms with E-state index in [-0.39, 0.29) is 17.8 Å². The first kappa shape index (κ1) is 14.9. The van der Waals surface area contributed by atoms with Crippen molar-refractivity contribution in [2.45, 2.75) is 32.8 Å². The van der Waals surface area contributed by atoms with Crippen molar-refractivity contribution in [3.05, 3.63) is 17.9 Å². The number of halogens is 1. The number of nitrogens with two attached hydrogens (primary N) is 1. The first-order valence-electron chi connectivity index (χ1n) is 7.17. The highest BCUT2D eigenvalue weighted by Gasteiger charge is 2.26. The number of aliphatic hydroxyl groups is 1. The van der Waals surface area contributed by atoms with Gasteiger partial charge in [-0.05, 0) is 18.8 Å². The lowest BCUT2D eigenvalue weighted by molar-refractivity contribution is 0.103. The predicted octanol–water partition coefficient (Wildman–Crippen LogP) is 2.40. The molecule has 0 bridgehead atoms. The van der Waals surface area contributed by atoms with Crippen LogP contribution in [0.3, 0.4) is 0 Å². The van der Waals surface area contributed by atoms with Gasteiger partial charge in [0.15, 0.2) is 11.6 Å². The summed E-state index contributed by atoms with van der Waals surface area (Å²) in [5.41, 5.74) is 7.03. The lowest BCUT2D eigenvalue weighted by atomic mass is 9.95. The van der Waals surface area contributed by atoms with Crippen molar-refractivity contribution in [2.75, 3.05) is 30.3 Å². The van der Waals surface area contributed by atoms with E-state index in [9.17, 15) is 9.50 Å². The van der Waals surface area contributed by atoms with Crippen molar-refractivity contribution in [3.8, 4) is 5.75 Å². The Morgan fingerprint density at radius 3 is 2.90 bits per heavy atom. The minimum Gasteiger partial charge on any atom is -0.490 e. The largest absolute Gasteiger partial charge is 0.490 e. The van der Waals surface area contributed by atoms with Crippen molar-refractivity contribution in [2.24, 2.45) is 5.92 Å². The van der Waals surface area contributed by atoms with Gasteiger partial charge in [0.25, 0.3) is 0 Å². The normalized spacial score (nSPS) is 22.9. The van der Waals surface area contributed by atoms with E-state index in [0.29, 0.717) is 18.8 Å². The third-order valence-corrected chi connectivity index (χ3v) is 3.80. The third-order valence-electron chi connectivity index (χ3n) is 3.80. The maximum atomic E-state index is 13.8. The van der Waals surface area contributed by atoms with Gasteiger partial charge in [0.05, 0.1) is 24.1 Å². The van der Waals surface area contributed by atoms with E-state index in [1.165, 1.54) is 6.07 Å². The zero-order valence-electron chi connectivity index (χ0n) is 12.1. The molecular formula is C15H23FN2O2. The molecule has 3 N–H and O–H groups in total. The zero-order chi connectivity index (χ0) is 14.7. The summed E-state index contributed by atoms with van der Waals surface area (Å²) in [7, 11) is 0. The van der Waals surface area contributed by atoms with Gasteiger partial charge in [-0.3, -0.25) is 0 Å². The fourth-order valence-corrected chi connectivity index (χ4v) is 2.42. The minimum absolute atomic E-state index is 0.226. The van der Waals surface area contributed by atoms with Crippen LogP contribution in [0.25, 0.3) is 0 Å². The van der Waals surface area contributed by atoms with Gasteiger partial charge in [-0.15, -0.1) is 0 Å². The van der Waals surface area contributed by atoms with Crippen molar-refractivity contribution < 1.29 is 14.2 Å². The summed E-state index contributed by atoms with van der Waals surface area (Å²) in [6.07, 6.45) is 1.33. The number of benzene rings is 1. The van der Waals surface area contributed by atoms with Crippen molar-refractivity contribution in [1.82, 2.24) is 0 Å². The average Bonchev–Trinajstić information content (AvgIpc) is 2.41. The molecular weight excluding hydrogens is 259 g/mol. The van der Waals surface area contributed by atoms with Crippen LogP contribution in [0, 0.1) is 11.7 Å². The third kappa shape index (κ3) is 3.15. The Balaban J connectivity index is 2.22. The highest BCUT2D eigenvalue weighted by atomic mass is 19.1. The molecule has 0 aromatic heterocycles. The van der Waals surface area contributed by atoms with Crippen molar-refractivity contribution in [1.29, 1.82) is 0 Å². The molecule has 2 unspecified atom stereocenters. The number of nitrogens with zero attached hydrogens (tertiary/aromatic N) is 1. The van der Waals surface area contributed by atoms with E-state index in [2.05, 4.69) is 0 Å². The molecule has 1 fully saturated rings. The van der Waals surface area contributed by atoms with E-state index >= 15 is 0 Å². The van der Waals surface area contributed by atoms with Gasteiger partial charge >= 0.3 is 0 Å². The number of β-amino-alcohol motifs (C(OH)–C–C–N with tert-alkyl or cyclic N) is 1. The lowest BCUT2D eigenvalue weighted by Crippen LogP contribution is -2.43. The second kappa shape index (κ2) is 6.31. The summed E-state index contributed by atoms with van der Waals surface area (Å²) in [6.45, 7) is 5.80. The van der Waals surface area contributed by atoms with Crippen molar-refractivity contribution in [3.63, 3.8) is 0 Å². The minimum atomic E-state index is -0.439. The standard InChI is InChI=1S/C15H23FN2O2/c1-3-6-20-15-8-13(12(17)7-11(15)16)18-5-4-10(2)14(19)9-18/h7-8,10,14,19H,3-6,9,17H2,1-2H3. The van der Waals surface area contributed by atoms with Crippen LogP contribution in [0.15, 0.2) is 12.1 Å². The Kier molecular flexibility index (Phi) is 4.70. The number of ether oxygens (including phenoxy) is 1. The predicted molar refractivity (Wildman–Crippen MR) is 78.6 cm³/mol. The monoisotopic (exact) mass is 282 g/mol. The number of hydrogen-bond acceptors (Lipinski definition) is 4. The van der Waals surface area contributed by atoms with Gasteiger partial charge in [0, 0.05) is 25.2 Å². The van der Waals surface area contributed by atoms with Crippen LogP contribution in [0.1, 0.15) is 26.7 Å². The van der Waals surface area contributed by atoms with Gasteiger partial charge in [0.1, 0.15) is 0 Å². The fourth-order valence-electron chi connectivity index (χ4n) is 2.42. The van der Waals surface area contributed by atoms with Crippen LogP contribution in [-0.4, -0.2) is 30.9 Å². The second-order valence-corrected chi connectivity index (χ2v) is 5.47. The number of aliphatic hydroxyl groups excluding tert-OH is 1. The molecule has 1 aromatic rings. The quantitative estimate of drug-likeness (QED) is 0.833. The second-order valence-electron chi connectivity index (χ2n) is 5.47. The summed E-state index contributed by atoms with van der Waals surface area (Å²) in [5.74, 6) is 0.0681. The summed E-state index contributed by atoms with van der Waals surface area (Å²) in [5, 5.41) is 9.98. The number of rotatable bonds is 4. The van der Waals surface area contributed by atoms with E-state index in [1.54, 1.807) is 6.07 Å². The molecule has 2 atom stereocenters. The van der Waals surface area contributed by atoms with Gasteiger partial charge < -0.3 is 20.5 Å². The molecule has 4 nitrogen and oxygen atoms in total. The summed E-state index contributed by atoms with van der Waals surface area (Å²) < 4.78 is 19.2. The van der Waals surface area contributed by atoms with Gasteiger partial charge in [-0.1, -0.05) is 13.8 Å². The average molecular weight is 282 g/mol. The van der Waals surface area contributed by atoms with Crippen molar-refractivity contribution >= 4 is 11.4 Å². The molecule has 0 saturated carbocycles. The molecule has 112 valence electrons. The van der Waals surface area contributed by atoms with E-state index in [1.807, 2.05) is 18.7 Å². The maximum absolute atomic E-state index is 13.8. The van der Waals surface area contributed by atoms with Crippen LogP contribution < -0.4 is 15.4 Å². The van der Waals surface area contributed by atoms with Crippen LogP contribution >= 0.6 is 0 Å².